The number of rotatable bonds is 6. The van der Waals surface area contributed by atoms with Crippen LogP contribution < -0.4 is 5.32 Å². The Kier molecular flexibility index (Phi) is 7.23. The van der Waals surface area contributed by atoms with Crippen molar-refractivity contribution in [1.29, 1.82) is 0 Å². The van der Waals surface area contributed by atoms with E-state index in [9.17, 15) is 4.79 Å². The number of hydrogen-bond donors (Lipinski definition) is 1. The molecule has 5 heteroatoms. The molecule has 1 atom stereocenters. The van der Waals surface area contributed by atoms with Crippen molar-refractivity contribution in [3.8, 4) is 0 Å². The number of carbonyl (C=O) groups is 1. The lowest BCUT2D eigenvalue weighted by Crippen LogP contribution is -2.25. The number of amides is 1. The molecule has 0 aliphatic heterocycles. The van der Waals surface area contributed by atoms with Crippen molar-refractivity contribution in [1.82, 2.24) is 5.32 Å². The highest BCUT2D eigenvalue weighted by atomic mass is 32.8. The molecular weight excluding hydrogens is 254 g/mol. The predicted octanol–water partition coefficient (Wildman–Crippen LogP) is 2.10. The van der Waals surface area contributed by atoms with Gasteiger partial charge in [-0.05, 0) is 56.1 Å². The van der Waals surface area contributed by atoms with Gasteiger partial charge in [0, 0.05) is 29.0 Å². The van der Waals surface area contributed by atoms with Crippen LogP contribution in [0.25, 0.3) is 0 Å². The number of hydrogen-bond acceptors (Lipinski definition) is 3. The van der Waals surface area contributed by atoms with E-state index in [0.717, 1.165) is 25.8 Å². The number of nitrogens with one attached hydrogen (secondary N) is 1. The highest BCUT2D eigenvalue weighted by Gasteiger charge is 2.22. The summed E-state index contributed by atoms with van der Waals surface area (Å²) in [5, 5.41) is 2.84. The zero-order valence-corrected chi connectivity index (χ0v) is 12.4. The van der Waals surface area contributed by atoms with Crippen LogP contribution in [0.5, 0.6) is 0 Å². The smallest absolute Gasteiger partial charge is 0.219 e. The van der Waals surface area contributed by atoms with Gasteiger partial charge in [0.05, 0.1) is 6.10 Å². The van der Waals surface area contributed by atoms with Gasteiger partial charge in [0.25, 0.3) is 0 Å². The molecule has 1 rings (SSSR count). The van der Waals surface area contributed by atoms with E-state index in [1.807, 2.05) is 13.2 Å². The summed E-state index contributed by atoms with van der Waals surface area (Å²) in [5.41, 5.74) is 0. The molecule has 1 amide bonds. The highest BCUT2D eigenvalue weighted by molar-refractivity contribution is 8.25. The Morgan fingerprint density at radius 1 is 1.41 bits per heavy atom. The molecule has 0 aromatic carbocycles. The Bertz CT molecular complexity index is 263. The van der Waals surface area contributed by atoms with Crippen LogP contribution in [0, 0.1) is 5.92 Å². The van der Waals surface area contributed by atoms with E-state index >= 15 is 0 Å². The Balaban J connectivity index is 2.14. The van der Waals surface area contributed by atoms with Crippen LogP contribution >= 0.6 is 0 Å². The van der Waals surface area contributed by atoms with E-state index in [1.165, 1.54) is 12.8 Å². The van der Waals surface area contributed by atoms with E-state index in [4.69, 9.17) is 15.4 Å². The SMILES string of the molecule is CCNC(=O)CCC1CCC(OS(C)=S)CC1. The molecule has 0 spiro atoms. The van der Waals surface area contributed by atoms with Gasteiger partial charge in [-0.1, -0.05) is 0 Å². The van der Waals surface area contributed by atoms with Crippen molar-refractivity contribution in [2.45, 2.75) is 51.6 Å². The summed E-state index contributed by atoms with van der Waals surface area (Å²) in [5.74, 6) is 0.882. The summed E-state index contributed by atoms with van der Waals surface area (Å²) in [6, 6.07) is 0. The standard InChI is InChI=1S/C12H23NO2S2/c1-3-13-12(14)9-6-10-4-7-11(8-5-10)15-17(2)16/h10-11H,3-9H2,1-2H3,(H,13,14). The predicted molar refractivity (Wildman–Crippen MR) is 75.4 cm³/mol. The third-order valence-electron chi connectivity index (χ3n) is 3.22. The van der Waals surface area contributed by atoms with Crippen molar-refractivity contribution < 1.29 is 8.98 Å². The topological polar surface area (TPSA) is 38.3 Å². The minimum Gasteiger partial charge on any atom is -0.356 e. The van der Waals surface area contributed by atoms with Gasteiger partial charge >= 0.3 is 0 Å². The molecule has 0 heterocycles. The maximum Gasteiger partial charge on any atom is 0.219 e. The van der Waals surface area contributed by atoms with Gasteiger partial charge in [-0.3, -0.25) is 4.79 Å². The summed E-state index contributed by atoms with van der Waals surface area (Å²) in [6.45, 7) is 2.69. The third kappa shape index (κ3) is 6.48. The zero-order valence-electron chi connectivity index (χ0n) is 10.7. The molecule has 1 unspecified atom stereocenters. The molecule has 17 heavy (non-hydrogen) atoms. The van der Waals surface area contributed by atoms with Gasteiger partial charge in [0.1, 0.15) is 0 Å². The maximum atomic E-state index is 11.3. The fraction of sp³-hybridized carbons (Fsp3) is 0.917. The molecular formula is C12H23NO2S2. The van der Waals surface area contributed by atoms with E-state index in [0.29, 0.717) is 18.4 Å². The van der Waals surface area contributed by atoms with Crippen molar-refractivity contribution in [3.05, 3.63) is 0 Å². The van der Waals surface area contributed by atoms with Crippen LogP contribution in [-0.4, -0.2) is 24.8 Å². The Hall–Kier alpha value is -0.0000000000000000833. The Labute approximate surface area is 111 Å². The van der Waals surface area contributed by atoms with Crippen LogP contribution in [0.1, 0.15) is 45.4 Å². The Morgan fingerprint density at radius 2 is 2.06 bits per heavy atom. The van der Waals surface area contributed by atoms with Crippen molar-refractivity contribution in [2.24, 2.45) is 5.92 Å². The summed E-state index contributed by atoms with van der Waals surface area (Å²) in [6.07, 6.45) is 8.56. The van der Waals surface area contributed by atoms with E-state index in [-0.39, 0.29) is 15.6 Å². The maximum absolute atomic E-state index is 11.3. The summed E-state index contributed by atoms with van der Waals surface area (Å²) in [4.78, 5) is 11.3. The fourth-order valence-electron chi connectivity index (χ4n) is 2.33. The third-order valence-corrected chi connectivity index (χ3v) is 4.00. The zero-order chi connectivity index (χ0) is 12.7. The molecule has 0 bridgehead atoms. The molecule has 1 saturated carbocycles. The molecule has 0 saturated heterocycles. The van der Waals surface area contributed by atoms with Crippen LogP contribution in [0.15, 0.2) is 0 Å². The van der Waals surface area contributed by atoms with Gasteiger partial charge in [-0.15, -0.1) is 0 Å². The van der Waals surface area contributed by atoms with Gasteiger partial charge in [-0.2, -0.15) is 0 Å². The summed E-state index contributed by atoms with van der Waals surface area (Å²) < 4.78 is 5.67. The molecule has 1 aliphatic rings. The van der Waals surface area contributed by atoms with Crippen LogP contribution in [0.2, 0.25) is 0 Å². The molecule has 1 aliphatic carbocycles. The second-order valence-electron chi connectivity index (χ2n) is 4.63. The lowest BCUT2D eigenvalue weighted by Gasteiger charge is -2.27. The average Bonchev–Trinajstić information content (AvgIpc) is 2.28. The molecule has 0 radical (unpaired) electrons. The van der Waals surface area contributed by atoms with Gasteiger partial charge in [-0.25, -0.2) is 0 Å². The largest absolute Gasteiger partial charge is 0.356 e. The first-order chi connectivity index (χ1) is 8.11. The lowest BCUT2D eigenvalue weighted by molar-refractivity contribution is -0.121. The van der Waals surface area contributed by atoms with E-state index < -0.39 is 0 Å². The van der Waals surface area contributed by atoms with Gasteiger partial charge < -0.3 is 9.50 Å². The quantitative estimate of drug-likeness (QED) is 0.808. The van der Waals surface area contributed by atoms with E-state index in [2.05, 4.69) is 5.32 Å². The van der Waals surface area contributed by atoms with Crippen molar-refractivity contribution in [3.63, 3.8) is 0 Å². The minimum absolute atomic E-state index is 0.187. The first-order valence-corrected chi connectivity index (χ1v) is 8.87. The fourth-order valence-corrected chi connectivity index (χ4v) is 3.24. The van der Waals surface area contributed by atoms with E-state index in [1.54, 1.807) is 0 Å². The molecule has 0 aromatic heterocycles. The molecule has 3 nitrogen and oxygen atoms in total. The first-order valence-electron chi connectivity index (χ1n) is 6.39. The Morgan fingerprint density at radius 3 is 2.59 bits per heavy atom. The normalized spacial score (nSPS) is 26.5. The second-order valence-corrected chi connectivity index (χ2v) is 7.04. The summed E-state index contributed by atoms with van der Waals surface area (Å²) >= 11 is 5.06. The van der Waals surface area contributed by atoms with Gasteiger partial charge in [0.2, 0.25) is 5.91 Å². The molecule has 100 valence electrons. The van der Waals surface area contributed by atoms with Crippen molar-refractivity contribution in [2.75, 3.05) is 12.8 Å². The second kappa shape index (κ2) is 8.16. The molecule has 1 fully saturated rings. The first kappa shape index (κ1) is 15.1. The summed E-state index contributed by atoms with van der Waals surface area (Å²) in [7, 11) is -0.319. The van der Waals surface area contributed by atoms with Crippen LogP contribution in [0.4, 0.5) is 0 Å². The van der Waals surface area contributed by atoms with Crippen LogP contribution in [0.3, 0.4) is 0 Å². The monoisotopic (exact) mass is 277 g/mol. The highest BCUT2D eigenvalue weighted by Crippen LogP contribution is 2.29. The lowest BCUT2D eigenvalue weighted by atomic mass is 9.84. The molecule has 1 N–H and O–H groups in total. The number of carbonyl (C=O) groups excluding carboxylic acids is 1. The minimum atomic E-state index is -0.319. The van der Waals surface area contributed by atoms with Crippen molar-refractivity contribution >= 4 is 26.8 Å². The van der Waals surface area contributed by atoms with Crippen LogP contribution in [-0.2, 0) is 29.9 Å². The van der Waals surface area contributed by atoms with Gasteiger partial charge in [0.15, 0.2) is 0 Å². The molecule has 0 aromatic rings. The average molecular weight is 277 g/mol.